The number of ketones is 2. The van der Waals surface area contributed by atoms with Crippen LogP contribution in [-0.2, 0) is 9.59 Å². The molecule has 19 heavy (non-hydrogen) atoms. The number of hydrogen-bond donors (Lipinski definition) is 0. The topological polar surface area (TPSA) is 34.1 Å². The van der Waals surface area contributed by atoms with E-state index in [9.17, 15) is 9.59 Å². The SMILES string of the molecule is CC(=O)/C(=C/c1ccccc1)C(=O)C1CCCCC1. The predicted molar refractivity (Wildman–Crippen MR) is 76.7 cm³/mol. The van der Waals surface area contributed by atoms with Crippen LogP contribution in [0.1, 0.15) is 44.6 Å². The summed E-state index contributed by atoms with van der Waals surface area (Å²) in [5.41, 5.74) is 1.27. The molecular formula is C17H20O2. The van der Waals surface area contributed by atoms with Gasteiger partial charge in [0.05, 0.1) is 5.57 Å². The highest BCUT2D eigenvalue weighted by molar-refractivity contribution is 6.23. The normalized spacial score (nSPS) is 17.2. The molecule has 0 N–H and O–H groups in total. The second-order valence-corrected chi connectivity index (χ2v) is 5.22. The molecule has 1 fully saturated rings. The van der Waals surface area contributed by atoms with Crippen LogP contribution in [0.2, 0.25) is 0 Å². The largest absolute Gasteiger partial charge is 0.294 e. The van der Waals surface area contributed by atoms with E-state index in [4.69, 9.17) is 0 Å². The van der Waals surface area contributed by atoms with Gasteiger partial charge in [0.25, 0.3) is 0 Å². The van der Waals surface area contributed by atoms with Gasteiger partial charge in [0.2, 0.25) is 0 Å². The summed E-state index contributed by atoms with van der Waals surface area (Å²) in [6, 6.07) is 9.57. The lowest BCUT2D eigenvalue weighted by Crippen LogP contribution is -2.22. The third-order valence-corrected chi connectivity index (χ3v) is 3.73. The van der Waals surface area contributed by atoms with E-state index < -0.39 is 0 Å². The molecule has 0 radical (unpaired) electrons. The van der Waals surface area contributed by atoms with Crippen LogP contribution in [0.4, 0.5) is 0 Å². The van der Waals surface area contributed by atoms with Crippen LogP contribution in [0, 0.1) is 5.92 Å². The molecule has 0 unspecified atom stereocenters. The van der Waals surface area contributed by atoms with Crippen molar-refractivity contribution in [2.24, 2.45) is 5.92 Å². The van der Waals surface area contributed by atoms with Gasteiger partial charge in [-0.1, -0.05) is 49.6 Å². The Kier molecular flexibility index (Phi) is 4.67. The maximum absolute atomic E-state index is 12.5. The summed E-state index contributed by atoms with van der Waals surface area (Å²) in [7, 11) is 0. The fourth-order valence-electron chi connectivity index (χ4n) is 2.65. The highest BCUT2D eigenvalue weighted by Gasteiger charge is 2.25. The standard InChI is InChI=1S/C17H20O2/c1-13(18)16(12-14-8-4-2-5-9-14)17(19)15-10-6-3-7-11-15/h2,4-5,8-9,12,15H,3,6-7,10-11H2,1H3/b16-12-. The Morgan fingerprint density at radius 2 is 1.68 bits per heavy atom. The van der Waals surface area contributed by atoms with Crippen LogP contribution < -0.4 is 0 Å². The van der Waals surface area contributed by atoms with Crippen molar-refractivity contribution in [3.05, 3.63) is 41.5 Å². The summed E-state index contributed by atoms with van der Waals surface area (Å²) in [6.07, 6.45) is 7.01. The summed E-state index contributed by atoms with van der Waals surface area (Å²) in [5, 5.41) is 0. The van der Waals surface area contributed by atoms with Crippen LogP contribution in [0.5, 0.6) is 0 Å². The van der Waals surface area contributed by atoms with Crippen LogP contribution in [0.15, 0.2) is 35.9 Å². The van der Waals surface area contributed by atoms with E-state index in [0.29, 0.717) is 5.57 Å². The van der Waals surface area contributed by atoms with Gasteiger partial charge in [0.15, 0.2) is 11.6 Å². The molecule has 1 aromatic carbocycles. The average Bonchev–Trinajstić information content (AvgIpc) is 2.46. The summed E-state index contributed by atoms with van der Waals surface area (Å²) < 4.78 is 0. The van der Waals surface area contributed by atoms with Crippen LogP contribution in [0.25, 0.3) is 6.08 Å². The van der Waals surface area contributed by atoms with Gasteiger partial charge >= 0.3 is 0 Å². The minimum Gasteiger partial charge on any atom is -0.294 e. The predicted octanol–water partition coefficient (Wildman–Crippen LogP) is 3.81. The molecule has 2 nitrogen and oxygen atoms in total. The lowest BCUT2D eigenvalue weighted by atomic mass is 9.82. The molecule has 0 heterocycles. The van der Waals surface area contributed by atoms with Crippen LogP contribution in [-0.4, -0.2) is 11.6 Å². The van der Waals surface area contributed by atoms with E-state index in [-0.39, 0.29) is 17.5 Å². The van der Waals surface area contributed by atoms with Gasteiger partial charge in [0, 0.05) is 5.92 Å². The first-order valence-corrected chi connectivity index (χ1v) is 7.00. The molecule has 0 aliphatic heterocycles. The second-order valence-electron chi connectivity index (χ2n) is 5.22. The lowest BCUT2D eigenvalue weighted by molar-refractivity contribution is -0.123. The number of hydrogen-bond acceptors (Lipinski definition) is 2. The molecule has 0 aromatic heterocycles. The Balaban J connectivity index is 2.22. The molecule has 1 saturated carbocycles. The lowest BCUT2D eigenvalue weighted by Gasteiger charge is -2.20. The Bertz CT molecular complexity index is 479. The molecule has 0 spiro atoms. The zero-order valence-corrected chi connectivity index (χ0v) is 11.4. The van der Waals surface area contributed by atoms with Gasteiger partial charge in [0.1, 0.15) is 0 Å². The van der Waals surface area contributed by atoms with Gasteiger partial charge in [-0.2, -0.15) is 0 Å². The fourth-order valence-corrected chi connectivity index (χ4v) is 2.65. The minimum absolute atomic E-state index is 0.0380. The second kappa shape index (κ2) is 6.46. The summed E-state index contributed by atoms with van der Waals surface area (Å²) >= 11 is 0. The number of carbonyl (C=O) groups is 2. The number of Topliss-reactive ketones (excluding diaryl/α,β-unsaturated/α-hetero) is 2. The first-order valence-electron chi connectivity index (χ1n) is 7.00. The highest BCUT2D eigenvalue weighted by atomic mass is 16.1. The molecule has 2 heteroatoms. The number of benzene rings is 1. The van der Waals surface area contributed by atoms with E-state index in [1.165, 1.54) is 13.3 Å². The van der Waals surface area contributed by atoms with Crippen molar-refractivity contribution in [2.75, 3.05) is 0 Å². The zero-order chi connectivity index (χ0) is 13.7. The minimum atomic E-state index is -0.126. The molecule has 1 aromatic rings. The molecule has 1 aliphatic rings. The molecule has 1 aliphatic carbocycles. The third-order valence-electron chi connectivity index (χ3n) is 3.73. The first-order chi connectivity index (χ1) is 9.18. The van der Waals surface area contributed by atoms with E-state index in [2.05, 4.69) is 0 Å². The summed E-state index contributed by atoms with van der Waals surface area (Å²) in [6.45, 7) is 1.48. The van der Waals surface area contributed by atoms with Gasteiger partial charge in [-0.15, -0.1) is 0 Å². The molecule has 0 amide bonds. The van der Waals surface area contributed by atoms with Gasteiger partial charge < -0.3 is 0 Å². The molecule has 0 atom stereocenters. The van der Waals surface area contributed by atoms with E-state index in [1.54, 1.807) is 6.08 Å². The number of allylic oxidation sites excluding steroid dienone is 1. The average molecular weight is 256 g/mol. The van der Waals surface area contributed by atoms with Crippen molar-refractivity contribution in [1.82, 2.24) is 0 Å². The third kappa shape index (κ3) is 3.63. The highest BCUT2D eigenvalue weighted by Crippen LogP contribution is 2.27. The van der Waals surface area contributed by atoms with Crippen molar-refractivity contribution in [1.29, 1.82) is 0 Å². The van der Waals surface area contributed by atoms with Crippen LogP contribution in [0.3, 0.4) is 0 Å². The Morgan fingerprint density at radius 1 is 1.05 bits per heavy atom. The zero-order valence-electron chi connectivity index (χ0n) is 11.4. The molecule has 0 bridgehead atoms. The molecular weight excluding hydrogens is 236 g/mol. The van der Waals surface area contributed by atoms with E-state index in [0.717, 1.165) is 31.2 Å². The van der Waals surface area contributed by atoms with E-state index in [1.807, 2.05) is 30.3 Å². The number of carbonyl (C=O) groups excluding carboxylic acids is 2. The van der Waals surface area contributed by atoms with Crippen molar-refractivity contribution in [2.45, 2.75) is 39.0 Å². The van der Waals surface area contributed by atoms with Crippen molar-refractivity contribution in [3.63, 3.8) is 0 Å². The molecule has 100 valence electrons. The number of rotatable bonds is 4. The first kappa shape index (κ1) is 13.7. The quantitative estimate of drug-likeness (QED) is 0.466. The van der Waals surface area contributed by atoms with Gasteiger partial charge in [-0.3, -0.25) is 9.59 Å². The van der Waals surface area contributed by atoms with Crippen molar-refractivity contribution in [3.8, 4) is 0 Å². The summed E-state index contributed by atoms with van der Waals surface area (Å²) in [4.78, 5) is 24.2. The Labute approximate surface area is 114 Å². The molecule has 2 rings (SSSR count). The Hall–Kier alpha value is -1.70. The molecule has 0 saturated heterocycles. The van der Waals surface area contributed by atoms with Gasteiger partial charge in [-0.25, -0.2) is 0 Å². The van der Waals surface area contributed by atoms with Gasteiger partial charge in [-0.05, 0) is 31.4 Å². The Morgan fingerprint density at radius 3 is 2.26 bits per heavy atom. The fraction of sp³-hybridized carbons (Fsp3) is 0.412. The maximum atomic E-state index is 12.5. The van der Waals surface area contributed by atoms with Crippen molar-refractivity contribution < 1.29 is 9.59 Å². The maximum Gasteiger partial charge on any atom is 0.169 e. The summed E-state index contributed by atoms with van der Waals surface area (Å²) in [5.74, 6) is -0.0388. The van der Waals surface area contributed by atoms with Crippen LogP contribution >= 0.6 is 0 Å². The smallest absolute Gasteiger partial charge is 0.169 e. The monoisotopic (exact) mass is 256 g/mol. The van der Waals surface area contributed by atoms with Crippen molar-refractivity contribution >= 4 is 17.6 Å². The van der Waals surface area contributed by atoms with E-state index >= 15 is 0 Å².